The summed E-state index contributed by atoms with van der Waals surface area (Å²) in [6, 6.07) is 11.7. The van der Waals surface area contributed by atoms with Gasteiger partial charge in [0.15, 0.2) is 5.82 Å². The highest BCUT2D eigenvalue weighted by Crippen LogP contribution is 2.41. The van der Waals surface area contributed by atoms with Gasteiger partial charge in [-0.2, -0.15) is 13.2 Å². The van der Waals surface area contributed by atoms with E-state index in [0.29, 0.717) is 29.3 Å². The minimum atomic E-state index is -4.44. The summed E-state index contributed by atoms with van der Waals surface area (Å²) in [6.45, 7) is 3.32. The standard InChI is InChI=1S/C23H20F3N5O/c1-14-11-17(7-9-27-14)28-22(32)31-18-8-10-30(13-18)20-6-5-19(29-21(20)31)15-3-2-4-16(12-15)23(24,25)26/h2-7,9,11-12,18H,8,10,13H2,1H3,(H,27,28,32)/t18-/m0/s1. The SMILES string of the molecule is Cc1cc(NC(=O)N2c3nc(-c4cccc(C(F)(F)F)c4)ccc3N3CC[C@H]2C3)ccn1. The van der Waals surface area contributed by atoms with Gasteiger partial charge < -0.3 is 10.2 Å². The summed E-state index contributed by atoms with van der Waals surface area (Å²) in [6.07, 6.45) is -2.03. The Morgan fingerprint density at radius 2 is 2.00 bits per heavy atom. The summed E-state index contributed by atoms with van der Waals surface area (Å²) in [5.74, 6) is 0.455. The van der Waals surface area contributed by atoms with Gasteiger partial charge in [0.1, 0.15) is 0 Å². The third kappa shape index (κ3) is 3.63. The second kappa shape index (κ2) is 7.51. The van der Waals surface area contributed by atoms with E-state index in [1.165, 1.54) is 6.07 Å². The van der Waals surface area contributed by atoms with Crippen molar-refractivity contribution in [2.45, 2.75) is 25.6 Å². The smallest absolute Gasteiger partial charge is 0.366 e. The number of anilines is 3. The van der Waals surface area contributed by atoms with Crippen molar-refractivity contribution in [3.63, 3.8) is 0 Å². The first-order chi connectivity index (χ1) is 15.3. The number of nitrogens with one attached hydrogen (secondary N) is 1. The lowest BCUT2D eigenvalue weighted by atomic mass is 10.1. The fourth-order valence-electron chi connectivity index (χ4n) is 4.29. The van der Waals surface area contributed by atoms with Crippen molar-refractivity contribution in [1.29, 1.82) is 0 Å². The molecule has 0 saturated carbocycles. The average molecular weight is 439 g/mol. The molecule has 1 fully saturated rings. The van der Waals surface area contributed by atoms with Crippen LogP contribution in [0.15, 0.2) is 54.7 Å². The first-order valence-electron chi connectivity index (χ1n) is 10.3. The maximum Gasteiger partial charge on any atom is 0.416 e. The number of aryl methyl sites for hydroxylation is 1. The van der Waals surface area contributed by atoms with Crippen molar-refractivity contribution in [3.8, 4) is 11.3 Å². The molecule has 1 atom stereocenters. The van der Waals surface area contributed by atoms with E-state index in [4.69, 9.17) is 0 Å². The molecule has 2 aliphatic rings. The number of carbonyl (C=O) groups is 1. The molecule has 0 radical (unpaired) electrons. The summed E-state index contributed by atoms with van der Waals surface area (Å²) in [5, 5.41) is 2.90. The zero-order chi connectivity index (χ0) is 22.5. The number of carbonyl (C=O) groups excluding carboxylic acids is 1. The average Bonchev–Trinajstić information content (AvgIpc) is 3.17. The van der Waals surface area contributed by atoms with Crippen molar-refractivity contribution in [2.24, 2.45) is 0 Å². The van der Waals surface area contributed by atoms with Gasteiger partial charge in [0.2, 0.25) is 0 Å². The van der Waals surface area contributed by atoms with Crippen LogP contribution >= 0.6 is 0 Å². The van der Waals surface area contributed by atoms with E-state index < -0.39 is 11.7 Å². The van der Waals surface area contributed by atoms with E-state index in [9.17, 15) is 18.0 Å². The molecule has 1 saturated heterocycles. The lowest BCUT2D eigenvalue weighted by Crippen LogP contribution is -2.48. The van der Waals surface area contributed by atoms with Crippen LogP contribution in [0.2, 0.25) is 0 Å². The fraction of sp³-hybridized carbons (Fsp3) is 0.261. The number of alkyl halides is 3. The van der Waals surface area contributed by atoms with Crippen LogP contribution < -0.4 is 15.1 Å². The molecule has 164 valence electrons. The summed E-state index contributed by atoms with van der Waals surface area (Å²) in [5.41, 5.74) is 2.20. The molecule has 4 heterocycles. The molecule has 3 aromatic rings. The number of halogens is 3. The van der Waals surface area contributed by atoms with Gasteiger partial charge in [-0.25, -0.2) is 9.78 Å². The first kappa shape index (κ1) is 20.3. The van der Waals surface area contributed by atoms with E-state index >= 15 is 0 Å². The highest BCUT2D eigenvalue weighted by atomic mass is 19.4. The monoisotopic (exact) mass is 439 g/mol. The lowest BCUT2D eigenvalue weighted by Gasteiger charge is -2.36. The molecule has 1 N–H and O–H groups in total. The van der Waals surface area contributed by atoms with E-state index in [0.717, 1.165) is 36.5 Å². The molecule has 6 nitrogen and oxygen atoms in total. The van der Waals surface area contributed by atoms with Crippen LogP contribution in [0, 0.1) is 6.92 Å². The number of hydrogen-bond acceptors (Lipinski definition) is 4. The minimum absolute atomic E-state index is 0.0605. The predicted molar refractivity (Wildman–Crippen MR) is 116 cm³/mol. The Balaban J connectivity index is 1.53. The summed E-state index contributed by atoms with van der Waals surface area (Å²) >= 11 is 0. The molecular weight excluding hydrogens is 419 g/mol. The first-order valence-corrected chi connectivity index (χ1v) is 10.3. The largest absolute Gasteiger partial charge is 0.416 e. The topological polar surface area (TPSA) is 61.4 Å². The maximum absolute atomic E-state index is 13.2. The van der Waals surface area contributed by atoms with Gasteiger partial charge in [-0.1, -0.05) is 12.1 Å². The minimum Gasteiger partial charge on any atom is -0.366 e. The van der Waals surface area contributed by atoms with Crippen molar-refractivity contribution >= 4 is 23.2 Å². The number of benzene rings is 1. The molecule has 1 aromatic carbocycles. The Bertz CT molecular complexity index is 1200. The van der Waals surface area contributed by atoms with E-state index in [1.54, 1.807) is 35.4 Å². The van der Waals surface area contributed by atoms with Crippen LogP contribution in [-0.4, -0.2) is 35.1 Å². The number of nitrogens with zero attached hydrogens (tertiary/aromatic N) is 4. The van der Waals surface area contributed by atoms with Gasteiger partial charge in [0, 0.05) is 36.2 Å². The normalized spacial score (nSPS) is 17.3. The maximum atomic E-state index is 13.2. The second-order valence-electron chi connectivity index (χ2n) is 7.99. The van der Waals surface area contributed by atoms with Crippen LogP contribution in [0.1, 0.15) is 17.7 Å². The molecular formula is C23H20F3N5O. The third-order valence-electron chi connectivity index (χ3n) is 5.80. The highest BCUT2D eigenvalue weighted by molar-refractivity contribution is 6.04. The Labute approximate surface area is 182 Å². The molecule has 2 amide bonds. The van der Waals surface area contributed by atoms with Crippen LogP contribution in [0.4, 0.5) is 35.2 Å². The number of fused-ring (bicyclic) bond motifs is 4. The molecule has 2 bridgehead atoms. The molecule has 0 aliphatic carbocycles. The second-order valence-corrected chi connectivity index (χ2v) is 7.99. The predicted octanol–water partition coefficient (Wildman–Crippen LogP) is 5.10. The molecule has 2 aromatic heterocycles. The van der Waals surface area contributed by atoms with Gasteiger partial charge in [-0.15, -0.1) is 0 Å². The number of urea groups is 1. The van der Waals surface area contributed by atoms with Crippen molar-refractivity contribution in [3.05, 3.63) is 66.0 Å². The molecule has 0 unspecified atom stereocenters. The van der Waals surface area contributed by atoms with Crippen LogP contribution in [-0.2, 0) is 6.18 Å². The lowest BCUT2D eigenvalue weighted by molar-refractivity contribution is -0.137. The summed E-state index contributed by atoms with van der Waals surface area (Å²) in [4.78, 5) is 25.8. The van der Waals surface area contributed by atoms with Gasteiger partial charge >= 0.3 is 12.2 Å². The van der Waals surface area contributed by atoms with E-state index in [-0.39, 0.29) is 12.1 Å². The summed E-state index contributed by atoms with van der Waals surface area (Å²) < 4.78 is 39.5. The van der Waals surface area contributed by atoms with Gasteiger partial charge in [0.25, 0.3) is 0 Å². The molecule has 32 heavy (non-hydrogen) atoms. The Kier molecular flexibility index (Phi) is 4.76. The quantitative estimate of drug-likeness (QED) is 0.604. The van der Waals surface area contributed by atoms with Gasteiger partial charge in [0.05, 0.1) is 23.0 Å². The van der Waals surface area contributed by atoms with Crippen LogP contribution in [0.5, 0.6) is 0 Å². The van der Waals surface area contributed by atoms with E-state index in [1.807, 2.05) is 13.0 Å². The van der Waals surface area contributed by atoms with Gasteiger partial charge in [-0.05, 0) is 49.7 Å². The Hall–Kier alpha value is -3.62. The zero-order valence-corrected chi connectivity index (χ0v) is 17.2. The van der Waals surface area contributed by atoms with Crippen molar-refractivity contribution in [2.75, 3.05) is 28.2 Å². The third-order valence-corrected chi connectivity index (χ3v) is 5.80. The Morgan fingerprint density at radius 3 is 2.78 bits per heavy atom. The molecule has 5 rings (SSSR count). The van der Waals surface area contributed by atoms with Crippen LogP contribution in [0.3, 0.4) is 0 Å². The highest BCUT2D eigenvalue weighted by Gasteiger charge is 2.40. The molecule has 9 heteroatoms. The van der Waals surface area contributed by atoms with Crippen molar-refractivity contribution in [1.82, 2.24) is 9.97 Å². The van der Waals surface area contributed by atoms with Crippen LogP contribution in [0.25, 0.3) is 11.3 Å². The van der Waals surface area contributed by atoms with Crippen molar-refractivity contribution < 1.29 is 18.0 Å². The van der Waals surface area contributed by atoms with Gasteiger partial charge in [-0.3, -0.25) is 9.88 Å². The Morgan fingerprint density at radius 1 is 1.16 bits per heavy atom. The molecule has 0 spiro atoms. The number of aromatic nitrogens is 2. The number of pyridine rings is 2. The molecule has 2 aliphatic heterocycles. The number of amides is 2. The number of hydrogen-bond donors (Lipinski definition) is 1. The zero-order valence-electron chi connectivity index (χ0n) is 17.2. The summed E-state index contributed by atoms with van der Waals surface area (Å²) in [7, 11) is 0. The fourth-order valence-corrected chi connectivity index (χ4v) is 4.29. The number of rotatable bonds is 2. The van der Waals surface area contributed by atoms with E-state index in [2.05, 4.69) is 20.2 Å².